The maximum atomic E-state index is 13.5. The third-order valence-corrected chi connectivity index (χ3v) is 6.47. The van der Waals surface area contributed by atoms with Crippen LogP contribution in [0.1, 0.15) is 21.5 Å². The molecule has 1 N–H and O–H groups in total. The standard InChI is InChI=1S/C31H23F3N2O3/c1-19-8-12-22(13-9-19)35(23-14-10-20(2)11-15-23)24-16-17-25-26(18-24)36(21-6-4-3-5-7-21)30(39)27(28(25)37)29(38)31(32,33)34/h3-18,37H,1-2H3. The Morgan fingerprint density at radius 2 is 1.28 bits per heavy atom. The first kappa shape index (κ1) is 25.8. The number of benzene rings is 4. The van der Waals surface area contributed by atoms with Crippen LogP contribution in [0.3, 0.4) is 0 Å². The van der Waals surface area contributed by atoms with Gasteiger partial charge < -0.3 is 10.0 Å². The van der Waals surface area contributed by atoms with E-state index in [4.69, 9.17) is 0 Å². The second-order valence-corrected chi connectivity index (χ2v) is 9.23. The molecule has 0 amide bonds. The van der Waals surface area contributed by atoms with Gasteiger partial charge in [-0.15, -0.1) is 0 Å². The lowest BCUT2D eigenvalue weighted by atomic mass is 10.0. The number of para-hydroxylation sites is 1. The van der Waals surface area contributed by atoms with Crippen molar-refractivity contribution in [1.29, 1.82) is 0 Å². The Kier molecular flexibility index (Phi) is 6.48. The molecule has 196 valence electrons. The summed E-state index contributed by atoms with van der Waals surface area (Å²) in [5.41, 5.74) is 2.15. The van der Waals surface area contributed by atoms with Gasteiger partial charge in [0, 0.05) is 28.1 Å². The molecule has 0 saturated carbocycles. The number of pyridine rings is 1. The van der Waals surface area contributed by atoms with Crippen LogP contribution in [0.15, 0.2) is 102 Å². The first-order valence-electron chi connectivity index (χ1n) is 12.1. The average molecular weight is 529 g/mol. The topological polar surface area (TPSA) is 62.5 Å². The van der Waals surface area contributed by atoms with Crippen LogP contribution in [0.25, 0.3) is 16.6 Å². The van der Waals surface area contributed by atoms with Gasteiger partial charge in [0.2, 0.25) is 0 Å². The molecule has 0 fully saturated rings. The van der Waals surface area contributed by atoms with Crippen molar-refractivity contribution < 1.29 is 23.1 Å². The number of nitrogens with zero attached hydrogens (tertiary/aromatic N) is 2. The molecular weight excluding hydrogens is 505 g/mol. The largest absolute Gasteiger partial charge is 0.506 e. The highest BCUT2D eigenvalue weighted by molar-refractivity contribution is 6.07. The number of aromatic nitrogens is 1. The highest BCUT2D eigenvalue weighted by Crippen LogP contribution is 2.39. The van der Waals surface area contributed by atoms with Crippen LogP contribution in [0.2, 0.25) is 0 Å². The minimum Gasteiger partial charge on any atom is -0.506 e. The van der Waals surface area contributed by atoms with Crippen LogP contribution in [0.5, 0.6) is 5.75 Å². The van der Waals surface area contributed by atoms with Gasteiger partial charge in [-0.2, -0.15) is 13.2 Å². The Bertz CT molecular complexity index is 1700. The Balaban J connectivity index is 1.84. The molecule has 8 heteroatoms. The highest BCUT2D eigenvalue weighted by Gasteiger charge is 2.43. The number of hydrogen-bond donors (Lipinski definition) is 1. The van der Waals surface area contributed by atoms with E-state index in [1.807, 2.05) is 67.3 Å². The Morgan fingerprint density at radius 1 is 0.769 bits per heavy atom. The number of aryl methyl sites for hydroxylation is 2. The number of aromatic hydroxyl groups is 1. The van der Waals surface area contributed by atoms with E-state index < -0.39 is 28.8 Å². The van der Waals surface area contributed by atoms with Gasteiger partial charge in [0.15, 0.2) is 0 Å². The van der Waals surface area contributed by atoms with Crippen molar-refractivity contribution in [2.45, 2.75) is 20.0 Å². The fourth-order valence-corrected chi connectivity index (χ4v) is 4.52. The van der Waals surface area contributed by atoms with E-state index in [0.717, 1.165) is 27.1 Å². The Labute approximate surface area is 222 Å². The summed E-state index contributed by atoms with van der Waals surface area (Å²) >= 11 is 0. The first-order valence-corrected chi connectivity index (χ1v) is 12.1. The molecule has 0 bridgehead atoms. The zero-order chi connectivity index (χ0) is 27.9. The van der Waals surface area contributed by atoms with Crippen molar-refractivity contribution in [2.75, 3.05) is 4.90 Å². The summed E-state index contributed by atoms with van der Waals surface area (Å²) in [6.45, 7) is 3.94. The minimum absolute atomic E-state index is 0.0671. The van der Waals surface area contributed by atoms with Crippen LogP contribution in [0.4, 0.5) is 30.2 Å². The molecule has 0 unspecified atom stereocenters. The predicted molar refractivity (Wildman–Crippen MR) is 146 cm³/mol. The number of fused-ring (bicyclic) bond motifs is 1. The molecule has 0 radical (unpaired) electrons. The van der Waals surface area contributed by atoms with Crippen molar-refractivity contribution in [1.82, 2.24) is 4.57 Å². The molecule has 4 aromatic carbocycles. The zero-order valence-corrected chi connectivity index (χ0v) is 21.0. The molecule has 0 spiro atoms. The second kappa shape index (κ2) is 9.79. The number of alkyl halides is 3. The molecule has 0 aliphatic heterocycles. The Hall–Kier alpha value is -4.85. The van der Waals surface area contributed by atoms with E-state index in [2.05, 4.69) is 0 Å². The number of rotatable bonds is 5. The molecule has 1 heterocycles. The number of anilines is 3. The van der Waals surface area contributed by atoms with E-state index in [-0.39, 0.29) is 16.6 Å². The van der Waals surface area contributed by atoms with Crippen molar-refractivity contribution in [3.05, 3.63) is 124 Å². The fraction of sp³-hybridized carbons (Fsp3) is 0.0968. The van der Waals surface area contributed by atoms with Crippen LogP contribution >= 0.6 is 0 Å². The molecule has 5 nitrogen and oxygen atoms in total. The fourth-order valence-electron chi connectivity index (χ4n) is 4.52. The third-order valence-electron chi connectivity index (χ3n) is 6.47. The van der Waals surface area contributed by atoms with Gasteiger partial charge in [-0.1, -0.05) is 53.6 Å². The summed E-state index contributed by atoms with van der Waals surface area (Å²) < 4.78 is 41.3. The third kappa shape index (κ3) is 4.77. The quantitative estimate of drug-likeness (QED) is 0.240. The minimum atomic E-state index is -5.34. The summed E-state index contributed by atoms with van der Waals surface area (Å²) in [4.78, 5) is 27.6. The number of halogens is 3. The van der Waals surface area contributed by atoms with Gasteiger partial charge in [0.25, 0.3) is 11.3 Å². The smallest absolute Gasteiger partial charge is 0.455 e. The molecule has 39 heavy (non-hydrogen) atoms. The average Bonchev–Trinajstić information content (AvgIpc) is 2.91. The number of carbonyl (C=O) groups excluding carboxylic acids is 1. The molecule has 0 aliphatic rings. The molecule has 0 aliphatic carbocycles. The number of hydrogen-bond acceptors (Lipinski definition) is 4. The van der Waals surface area contributed by atoms with E-state index in [0.29, 0.717) is 5.69 Å². The summed E-state index contributed by atoms with van der Waals surface area (Å²) in [6, 6.07) is 28.3. The SMILES string of the molecule is Cc1ccc(N(c2ccc(C)cc2)c2ccc3c(O)c(C(=O)C(F)(F)F)c(=O)n(-c4ccccc4)c3c2)cc1. The van der Waals surface area contributed by atoms with E-state index >= 15 is 0 Å². The predicted octanol–water partition coefficient (Wildman–Crippen LogP) is 7.53. The summed E-state index contributed by atoms with van der Waals surface area (Å²) in [7, 11) is 0. The molecule has 1 aromatic heterocycles. The number of carbonyl (C=O) groups is 1. The van der Waals surface area contributed by atoms with E-state index in [9.17, 15) is 27.9 Å². The van der Waals surface area contributed by atoms with E-state index in [1.54, 1.807) is 42.5 Å². The normalized spacial score (nSPS) is 11.5. The second-order valence-electron chi connectivity index (χ2n) is 9.23. The number of ketones is 1. The van der Waals surface area contributed by atoms with Gasteiger partial charge in [0.1, 0.15) is 11.3 Å². The molecule has 0 saturated heterocycles. The highest BCUT2D eigenvalue weighted by atomic mass is 19.4. The van der Waals surface area contributed by atoms with Crippen molar-refractivity contribution in [2.24, 2.45) is 0 Å². The van der Waals surface area contributed by atoms with Gasteiger partial charge in [-0.3, -0.25) is 14.2 Å². The number of Topliss-reactive ketones (excluding diaryl/α,β-unsaturated/α-hetero) is 1. The summed E-state index contributed by atoms with van der Waals surface area (Å²) in [6.07, 6.45) is -5.34. The van der Waals surface area contributed by atoms with Crippen molar-refractivity contribution in [3.8, 4) is 11.4 Å². The van der Waals surface area contributed by atoms with Crippen LogP contribution in [-0.4, -0.2) is 21.6 Å². The van der Waals surface area contributed by atoms with Gasteiger partial charge in [0.05, 0.1) is 5.52 Å². The molecular formula is C31H23F3N2O3. The monoisotopic (exact) mass is 528 g/mol. The summed E-state index contributed by atoms with van der Waals surface area (Å²) in [5.74, 6) is -3.41. The zero-order valence-electron chi connectivity index (χ0n) is 21.0. The molecule has 5 rings (SSSR count). The maximum absolute atomic E-state index is 13.5. The van der Waals surface area contributed by atoms with Gasteiger partial charge in [-0.05, 0) is 68.4 Å². The van der Waals surface area contributed by atoms with Crippen LogP contribution < -0.4 is 10.5 Å². The van der Waals surface area contributed by atoms with Gasteiger partial charge in [-0.25, -0.2) is 0 Å². The van der Waals surface area contributed by atoms with Crippen LogP contribution in [0, 0.1) is 13.8 Å². The first-order chi connectivity index (χ1) is 18.6. The van der Waals surface area contributed by atoms with Gasteiger partial charge >= 0.3 is 6.18 Å². The van der Waals surface area contributed by atoms with Crippen molar-refractivity contribution >= 4 is 33.7 Å². The Morgan fingerprint density at radius 3 is 1.79 bits per heavy atom. The maximum Gasteiger partial charge on any atom is 0.455 e. The molecule has 5 aromatic rings. The van der Waals surface area contributed by atoms with Crippen LogP contribution in [-0.2, 0) is 0 Å². The lowest BCUT2D eigenvalue weighted by molar-refractivity contribution is -0.0887. The summed E-state index contributed by atoms with van der Waals surface area (Å²) in [5, 5.41) is 10.7. The van der Waals surface area contributed by atoms with E-state index in [1.165, 1.54) is 6.07 Å². The lowest BCUT2D eigenvalue weighted by Gasteiger charge is -2.26. The van der Waals surface area contributed by atoms with Crippen molar-refractivity contribution in [3.63, 3.8) is 0 Å². The lowest BCUT2D eigenvalue weighted by Crippen LogP contribution is -2.33. The molecule has 0 atom stereocenters.